The van der Waals surface area contributed by atoms with Gasteiger partial charge >= 0.3 is 5.97 Å². The first-order valence-electron chi connectivity index (χ1n) is 6.30. The van der Waals surface area contributed by atoms with Crippen LogP contribution in [-0.4, -0.2) is 37.5 Å². The third-order valence-corrected chi connectivity index (χ3v) is 2.89. The first-order chi connectivity index (χ1) is 10.1. The molecule has 0 atom stereocenters. The molecule has 0 fully saturated rings. The highest BCUT2D eigenvalue weighted by Gasteiger charge is 2.07. The smallest absolute Gasteiger partial charge is 0.337 e. The number of carbonyl (C=O) groups excluding carboxylic acids is 1. The number of aliphatic imine (C=N–C) groups is 1. The Morgan fingerprint density at radius 2 is 2.29 bits per heavy atom. The van der Waals surface area contributed by atoms with Crippen molar-refractivity contribution in [3.63, 3.8) is 0 Å². The van der Waals surface area contributed by atoms with Crippen molar-refractivity contribution in [1.29, 1.82) is 0 Å². The zero-order chi connectivity index (χ0) is 15.2. The van der Waals surface area contributed by atoms with Crippen molar-refractivity contribution in [2.75, 3.05) is 26.6 Å². The second kappa shape index (κ2) is 6.59. The Hall–Kier alpha value is -2.78. The van der Waals surface area contributed by atoms with E-state index in [2.05, 4.69) is 27.0 Å². The highest BCUT2D eigenvalue weighted by Crippen LogP contribution is 2.13. The first kappa shape index (κ1) is 14.6. The molecule has 1 aromatic carbocycles. The minimum Gasteiger partial charge on any atom is -0.465 e. The summed E-state index contributed by atoms with van der Waals surface area (Å²) in [6, 6.07) is 4.86. The van der Waals surface area contributed by atoms with Gasteiger partial charge in [-0.15, -0.1) is 0 Å². The third-order valence-electron chi connectivity index (χ3n) is 2.89. The summed E-state index contributed by atoms with van der Waals surface area (Å²) in [6.45, 7) is 0.495. The van der Waals surface area contributed by atoms with Crippen LogP contribution in [0.4, 0.5) is 5.69 Å². The largest absolute Gasteiger partial charge is 0.465 e. The van der Waals surface area contributed by atoms with Crippen LogP contribution in [-0.2, 0) is 4.74 Å². The number of esters is 1. The molecule has 1 aliphatic rings. The summed E-state index contributed by atoms with van der Waals surface area (Å²) in [7, 11) is 3.15. The molecule has 6 nitrogen and oxygen atoms in total. The van der Waals surface area contributed by atoms with Gasteiger partial charge < -0.3 is 10.5 Å². The zero-order valence-electron chi connectivity index (χ0n) is 11.9. The van der Waals surface area contributed by atoms with Gasteiger partial charge in [0.05, 0.1) is 12.7 Å². The fourth-order valence-corrected chi connectivity index (χ4v) is 1.68. The van der Waals surface area contributed by atoms with E-state index in [1.807, 2.05) is 18.3 Å². The Bertz CT molecular complexity index is 668. The van der Waals surface area contributed by atoms with Crippen LogP contribution in [0.2, 0.25) is 0 Å². The number of rotatable bonds is 2. The second-order valence-corrected chi connectivity index (χ2v) is 4.24. The summed E-state index contributed by atoms with van der Waals surface area (Å²) in [5, 5.41) is 1.82. The maximum atomic E-state index is 11.5. The number of methoxy groups -OCH3 is 1. The van der Waals surface area contributed by atoms with Crippen LogP contribution in [0.25, 0.3) is 0 Å². The molecule has 0 spiro atoms. The van der Waals surface area contributed by atoms with Crippen molar-refractivity contribution in [3.8, 4) is 11.8 Å². The Labute approximate surface area is 123 Å². The summed E-state index contributed by atoms with van der Waals surface area (Å²) < 4.78 is 4.67. The molecular weight excluding hydrogens is 268 g/mol. The van der Waals surface area contributed by atoms with E-state index in [-0.39, 0.29) is 0 Å². The molecular formula is C15H16N4O2. The fraction of sp³-hybridized carbons (Fsp3) is 0.200. The van der Waals surface area contributed by atoms with Crippen molar-refractivity contribution in [2.45, 2.75) is 0 Å². The summed E-state index contributed by atoms with van der Waals surface area (Å²) in [6.07, 6.45) is 3.65. The van der Waals surface area contributed by atoms with Crippen LogP contribution in [0, 0.1) is 11.8 Å². The molecule has 0 aromatic heterocycles. The molecule has 0 saturated heterocycles. The molecule has 0 radical (unpaired) electrons. The number of ether oxygens (including phenoxy) is 1. The van der Waals surface area contributed by atoms with Gasteiger partial charge in [0.1, 0.15) is 12.4 Å². The Morgan fingerprint density at radius 1 is 1.48 bits per heavy atom. The van der Waals surface area contributed by atoms with Gasteiger partial charge in [-0.05, 0) is 30.2 Å². The van der Waals surface area contributed by atoms with Crippen molar-refractivity contribution in [2.24, 2.45) is 4.99 Å². The number of allylic oxidation sites excluding steroid dienone is 1. The topological polar surface area (TPSA) is 80.0 Å². The van der Waals surface area contributed by atoms with Crippen LogP contribution < -0.4 is 11.2 Å². The van der Waals surface area contributed by atoms with E-state index in [9.17, 15) is 4.79 Å². The molecule has 2 rings (SSSR count). The summed E-state index contributed by atoms with van der Waals surface area (Å²) in [4.78, 5) is 15.8. The predicted octanol–water partition coefficient (Wildman–Crippen LogP) is 0.769. The number of hydrazine groups is 1. The molecule has 6 heteroatoms. The van der Waals surface area contributed by atoms with Gasteiger partial charge in [-0.2, -0.15) is 0 Å². The number of carbonyl (C=O) groups is 1. The number of nitrogen functional groups attached to an aromatic ring is 1. The van der Waals surface area contributed by atoms with Crippen molar-refractivity contribution < 1.29 is 9.53 Å². The van der Waals surface area contributed by atoms with Crippen molar-refractivity contribution in [3.05, 3.63) is 41.6 Å². The Kier molecular flexibility index (Phi) is 4.59. The van der Waals surface area contributed by atoms with Crippen LogP contribution in [0.5, 0.6) is 0 Å². The van der Waals surface area contributed by atoms with E-state index >= 15 is 0 Å². The van der Waals surface area contributed by atoms with Crippen molar-refractivity contribution in [1.82, 2.24) is 10.4 Å². The van der Waals surface area contributed by atoms with Gasteiger partial charge in [-0.25, -0.2) is 10.2 Å². The first-order valence-corrected chi connectivity index (χ1v) is 6.30. The summed E-state index contributed by atoms with van der Waals surface area (Å²) >= 11 is 0. The Morgan fingerprint density at radius 3 is 2.90 bits per heavy atom. The van der Waals surface area contributed by atoms with Gasteiger partial charge in [0, 0.05) is 24.5 Å². The van der Waals surface area contributed by atoms with Gasteiger partial charge in [0.2, 0.25) is 0 Å². The van der Waals surface area contributed by atoms with E-state index in [4.69, 9.17) is 5.73 Å². The molecule has 0 unspecified atom stereocenters. The van der Waals surface area contributed by atoms with Crippen LogP contribution in [0.3, 0.4) is 0 Å². The second-order valence-electron chi connectivity index (χ2n) is 4.24. The van der Waals surface area contributed by atoms with Crippen LogP contribution in [0.1, 0.15) is 15.9 Å². The highest BCUT2D eigenvalue weighted by molar-refractivity contribution is 6.09. The van der Waals surface area contributed by atoms with Gasteiger partial charge in [-0.3, -0.25) is 10.0 Å². The molecule has 1 heterocycles. The lowest BCUT2D eigenvalue weighted by Crippen LogP contribution is -2.32. The normalized spacial score (nSPS) is 13.2. The fourth-order valence-electron chi connectivity index (χ4n) is 1.68. The molecule has 1 aromatic rings. The monoisotopic (exact) mass is 284 g/mol. The molecule has 0 aliphatic carbocycles. The van der Waals surface area contributed by atoms with E-state index in [1.54, 1.807) is 24.3 Å². The van der Waals surface area contributed by atoms with Gasteiger partial charge in [-0.1, -0.05) is 5.92 Å². The highest BCUT2D eigenvalue weighted by atomic mass is 16.5. The number of benzene rings is 1. The number of hydrogen-bond donors (Lipinski definition) is 2. The average molecular weight is 284 g/mol. The molecule has 0 saturated carbocycles. The van der Waals surface area contributed by atoms with Crippen molar-refractivity contribution >= 4 is 17.4 Å². The minimum absolute atomic E-state index is 0.415. The summed E-state index contributed by atoms with van der Waals surface area (Å²) in [5.74, 6) is 5.45. The number of nitrogens with zero attached hydrogens (tertiary/aromatic N) is 2. The number of nitrogens with one attached hydrogen (secondary N) is 1. The van der Waals surface area contributed by atoms with Crippen LogP contribution >= 0.6 is 0 Å². The van der Waals surface area contributed by atoms with Gasteiger partial charge in [0.15, 0.2) is 0 Å². The lowest BCUT2D eigenvalue weighted by Gasteiger charge is -2.18. The average Bonchev–Trinajstić information content (AvgIpc) is 2.53. The third kappa shape index (κ3) is 3.61. The van der Waals surface area contributed by atoms with Crippen LogP contribution in [0.15, 0.2) is 35.5 Å². The molecule has 108 valence electrons. The minimum atomic E-state index is -0.419. The number of nitrogens with two attached hydrogens (primary N) is 1. The summed E-state index contributed by atoms with van der Waals surface area (Å²) in [5.41, 5.74) is 11.0. The van der Waals surface area contributed by atoms with E-state index in [0.717, 1.165) is 0 Å². The zero-order valence-corrected chi connectivity index (χ0v) is 11.9. The number of hydrogen-bond acceptors (Lipinski definition) is 6. The molecule has 0 bridgehead atoms. The molecule has 3 N–H and O–H groups in total. The molecule has 0 amide bonds. The quantitative estimate of drug-likeness (QED) is 0.476. The van der Waals surface area contributed by atoms with Gasteiger partial charge in [0.25, 0.3) is 0 Å². The predicted molar refractivity (Wildman–Crippen MR) is 81.4 cm³/mol. The SMILES string of the molecule is CNN1C=CC(C#Cc2cc(C(=O)OC)ccc2N)=NC1. The maximum Gasteiger partial charge on any atom is 0.337 e. The lowest BCUT2D eigenvalue weighted by atomic mass is 10.1. The van der Waals surface area contributed by atoms with E-state index < -0.39 is 5.97 Å². The van der Waals surface area contributed by atoms with E-state index in [1.165, 1.54) is 7.11 Å². The lowest BCUT2D eigenvalue weighted by molar-refractivity contribution is 0.0600. The maximum absolute atomic E-state index is 11.5. The standard InChI is InChI=1S/C15H16N4O2/c1-17-19-8-7-13(18-10-19)5-3-11-9-12(15(20)21-2)4-6-14(11)16/h4,6-9,17H,10,16H2,1-2H3. The number of anilines is 1. The Balaban J connectivity index is 2.21. The molecule has 1 aliphatic heterocycles. The molecule has 21 heavy (non-hydrogen) atoms. The van der Waals surface area contributed by atoms with E-state index in [0.29, 0.717) is 29.2 Å².